The number of nitrogens with zero attached hydrogens (tertiary/aromatic N) is 2. The minimum Gasteiger partial charge on any atom is -0.366 e. The van der Waals surface area contributed by atoms with Gasteiger partial charge < -0.3 is 11.1 Å². The molecular formula is C11H7ClN4O. The molecule has 0 aliphatic heterocycles. The summed E-state index contributed by atoms with van der Waals surface area (Å²) in [5.41, 5.74) is 5.77. The van der Waals surface area contributed by atoms with E-state index in [1.54, 1.807) is 18.2 Å². The number of amides is 1. The van der Waals surface area contributed by atoms with Gasteiger partial charge in [-0.05, 0) is 18.2 Å². The lowest BCUT2D eigenvalue weighted by Gasteiger charge is -2.04. The van der Waals surface area contributed by atoms with Gasteiger partial charge in [0.15, 0.2) is 0 Å². The molecule has 0 saturated heterocycles. The first-order chi connectivity index (χ1) is 8.08. The van der Waals surface area contributed by atoms with Crippen molar-refractivity contribution in [1.29, 1.82) is 10.5 Å². The number of rotatable bonds is 3. The van der Waals surface area contributed by atoms with E-state index in [2.05, 4.69) is 5.32 Å². The van der Waals surface area contributed by atoms with Crippen LogP contribution in [-0.4, -0.2) is 5.91 Å². The number of benzene rings is 1. The average Bonchev–Trinajstić information content (AvgIpc) is 2.30. The minimum atomic E-state index is -0.619. The van der Waals surface area contributed by atoms with Crippen molar-refractivity contribution in [2.45, 2.75) is 0 Å². The molecule has 0 heterocycles. The second-order valence-electron chi connectivity index (χ2n) is 2.98. The van der Waals surface area contributed by atoms with Crippen LogP contribution in [-0.2, 0) is 0 Å². The van der Waals surface area contributed by atoms with E-state index < -0.39 is 5.91 Å². The van der Waals surface area contributed by atoms with Crippen LogP contribution in [0.1, 0.15) is 10.4 Å². The van der Waals surface area contributed by atoms with Gasteiger partial charge >= 0.3 is 0 Å². The number of nitrogens with two attached hydrogens (primary N) is 1. The summed E-state index contributed by atoms with van der Waals surface area (Å²) in [6, 6.07) is 7.89. The van der Waals surface area contributed by atoms with E-state index in [0.29, 0.717) is 5.69 Å². The predicted octanol–water partition coefficient (Wildman–Crippen LogP) is 1.78. The van der Waals surface area contributed by atoms with Crippen molar-refractivity contribution >= 4 is 23.2 Å². The zero-order chi connectivity index (χ0) is 12.8. The van der Waals surface area contributed by atoms with Crippen LogP contribution in [0.15, 0.2) is 30.0 Å². The maximum absolute atomic E-state index is 10.9. The summed E-state index contributed by atoms with van der Waals surface area (Å²) in [6.07, 6.45) is 1.25. The molecule has 0 aliphatic rings. The molecule has 0 spiro atoms. The summed E-state index contributed by atoms with van der Waals surface area (Å²) in [6.45, 7) is 0. The molecule has 1 aromatic carbocycles. The lowest BCUT2D eigenvalue weighted by Crippen LogP contribution is -2.11. The first kappa shape index (κ1) is 12.6. The van der Waals surface area contributed by atoms with Crippen LogP contribution in [0.4, 0.5) is 5.69 Å². The molecule has 1 aromatic rings. The van der Waals surface area contributed by atoms with Crippen molar-refractivity contribution in [2.75, 3.05) is 5.32 Å². The van der Waals surface area contributed by atoms with E-state index in [-0.39, 0.29) is 16.2 Å². The summed E-state index contributed by atoms with van der Waals surface area (Å²) in [7, 11) is 0. The van der Waals surface area contributed by atoms with E-state index in [1.165, 1.54) is 18.3 Å². The third kappa shape index (κ3) is 3.23. The van der Waals surface area contributed by atoms with Crippen molar-refractivity contribution < 1.29 is 4.79 Å². The van der Waals surface area contributed by atoms with Crippen LogP contribution in [0.2, 0.25) is 5.02 Å². The SMILES string of the molecule is N#CC(C#N)=CNc1ccc(C(N)=O)c(Cl)c1. The molecule has 0 unspecified atom stereocenters. The number of allylic oxidation sites excluding steroid dienone is 1. The Morgan fingerprint density at radius 2 is 2.06 bits per heavy atom. The van der Waals surface area contributed by atoms with Gasteiger partial charge in [0.1, 0.15) is 17.7 Å². The van der Waals surface area contributed by atoms with Gasteiger partial charge in [0.25, 0.3) is 0 Å². The molecule has 0 bridgehead atoms. The molecule has 3 N–H and O–H groups in total. The van der Waals surface area contributed by atoms with Gasteiger partial charge in [0, 0.05) is 11.9 Å². The second-order valence-corrected chi connectivity index (χ2v) is 3.39. The Morgan fingerprint density at radius 1 is 1.41 bits per heavy atom. The third-order valence-electron chi connectivity index (χ3n) is 1.86. The van der Waals surface area contributed by atoms with Crippen LogP contribution in [0, 0.1) is 22.7 Å². The van der Waals surface area contributed by atoms with Crippen LogP contribution >= 0.6 is 11.6 Å². The van der Waals surface area contributed by atoms with E-state index in [9.17, 15) is 4.79 Å². The summed E-state index contributed by atoms with van der Waals surface area (Å²) in [5.74, 6) is -0.619. The Morgan fingerprint density at radius 3 is 2.53 bits per heavy atom. The van der Waals surface area contributed by atoms with Crippen LogP contribution < -0.4 is 11.1 Å². The summed E-state index contributed by atoms with van der Waals surface area (Å²) >= 11 is 5.82. The quantitative estimate of drug-likeness (QED) is 0.794. The molecule has 0 aliphatic carbocycles. The minimum absolute atomic E-state index is 0.0694. The maximum Gasteiger partial charge on any atom is 0.250 e. The lowest BCUT2D eigenvalue weighted by atomic mass is 10.2. The number of nitriles is 2. The Balaban J connectivity index is 2.94. The maximum atomic E-state index is 10.9. The molecule has 0 atom stereocenters. The highest BCUT2D eigenvalue weighted by Crippen LogP contribution is 2.20. The fraction of sp³-hybridized carbons (Fsp3) is 0. The highest BCUT2D eigenvalue weighted by Gasteiger charge is 2.06. The number of halogens is 1. The number of primary amides is 1. The van der Waals surface area contributed by atoms with E-state index >= 15 is 0 Å². The Bertz CT molecular complexity index is 550. The Kier molecular flexibility index (Phi) is 4.10. The van der Waals surface area contributed by atoms with Gasteiger partial charge in [0.05, 0.1) is 10.6 Å². The van der Waals surface area contributed by atoms with Gasteiger partial charge in [-0.2, -0.15) is 10.5 Å². The lowest BCUT2D eigenvalue weighted by molar-refractivity contribution is 0.100. The highest BCUT2D eigenvalue weighted by molar-refractivity contribution is 6.34. The van der Waals surface area contributed by atoms with E-state index in [1.807, 2.05) is 0 Å². The average molecular weight is 247 g/mol. The van der Waals surface area contributed by atoms with Gasteiger partial charge in [-0.25, -0.2) is 0 Å². The fourth-order valence-corrected chi connectivity index (χ4v) is 1.32. The van der Waals surface area contributed by atoms with Crippen molar-refractivity contribution in [3.05, 3.63) is 40.6 Å². The molecule has 17 heavy (non-hydrogen) atoms. The zero-order valence-corrected chi connectivity index (χ0v) is 9.32. The van der Waals surface area contributed by atoms with Gasteiger partial charge in [-0.15, -0.1) is 0 Å². The zero-order valence-electron chi connectivity index (χ0n) is 8.57. The molecule has 6 heteroatoms. The van der Waals surface area contributed by atoms with Gasteiger partial charge in [-0.3, -0.25) is 4.79 Å². The Hall–Kier alpha value is -2.50. The molecular weight excluding hydrogens is 240 g/mol. The standard InChI is InChI=1S/C11H7ClN4O/c12-10-3-8(1-2-9(10)11(15)17)16-6-7(4-13)5-14/h1-3,6,16H,(H2,15,17). The van der Waals surface area contributed by atoms with Gasteiger partial charge in [-0.1, -0.05) is 11.6 Å². The monoisotopic (exact) mass is 246 g/mol. The topological polar surface area (TPSA) is 103 Å². The Labute approximate surface area is 103 Å². The van der Waals surface area contributed by atoms with E-state index in [4.69, 9.17) is 27.9 Å². The number of hydrogen-bond donors (Lipinski definition) is 2. The highest BCUT2D eigenvalue weighted by atomic mass is 35.5. The summed E-state index contributed by atoms with van der Waals surface area (Å²) in [4.78, 5) is 10.9. The number of carbonyl (C=O) groups is 1. The largest absolute Gasteiger partial charge is 0.366 e. The third-order valence-corrected chi connectivity index (χ3v) is 2.17. The molecule has 1 amide bonds. The first-order valence-electron chi connectivity index (χ1n) is 4.44. The van der Waals surface area contributed by atoms with Gasteiger partial charge in [0.2, 0.25) is 5.91 Å². The van der Waals surface area contributed by atoms with Crippen LogP contribution in [0.3, 0.4) is 0 Å². The summed E-state index contributed by atoms with van der Waals surface area (Å²) < 4.78 is 0. The van der Waals surface area contributed by atoms with Crippen LogP contribution in [0.25, 0.3) is 0 Å². The second kappa shape index (κ2) is 5.55. The van der Waals surface area contributed by atoms with Crippen molar-refractivity contribution in [3.63, 3.8) is 0 Å². The van der Waals surface area contributed by atoms with E-state index in [0.717, 1.165) is 0 Å². The van der Waals surface area contributed by atoms with Crippen LogP contribution in [0.5, 0.6) is 0 Å². The number of carbonyl (C=O) groups excluding carboxylic acids is 1. The molecule has 0 saturated carbocycles. The fourth-order valence-electron chi connectivity index (χ4n) is 1.05. The summed E-state index contributed by atoms with van der Waals surface area (Å²) in [5, 5.41) is 19.9. The molecule has 84 valence electrons. The normalized spacial score (nSPS) is 8.65. The first-order valence-corrected chi connectivity index (χ1v) is 4.82. The molecule has 5 nitrogen and oxygen atoms in total. The number of nitrogens with one attached hydrogen (secondary N) is 1. The van der Waals surface area contributed by atoms with Crippen molar-refractivity contribution in [3.8, 4) is 12.1 Å². The molecule has 0 aromatic heterocycles. The van der Waals surface area contributed by atoms with Crippen molar-refractivity contribution in [2.24, 2.45) is 5.73 Å². The predicted molar refractivity (Wildman–Crippen MR) is 62.9 cm³/mol. The number of hydrogen-bond acceptors (Lipinski definition) is 4. The molecule has 0 fully saturated rings. The van der Waals surface area contributed by atoms with Crippen molar-refractivity contribution in [1.82, 2.24) is 0 Å². The molecule has 0 radical (unpaired) electrons. The number of anilines is 1. The molecule has 1 rings (SSSR count). The smallest absolute Gasteiger partial charge is 0.250 e.